The van der Waals surface area contributed by atoms with E-state index in [0.29, 0.717) is 12.6 Å². The second kappa shape index (κ2) is 7.23. The van der Waals surface area contributed by atoms with Crippen LogP contribution in [-0.4, -0.2) is 42.2 Å². The molecule has 0 bridgehead atoms. The molecular weight excluding hydrogens is 262 g/mol. The van der Waals surface area contributed by atoms with Crippen molar-refractivity contribution in [2.75, 3.05) is 20.7 Å². The lowest BCUT2D eigenvalue weighted by molar-refractivity contribution is 0.110. The van der Waals surface area contributed by atoms with Gasteiger partial charge in [0.05, 0.1) is 0 Å². The topological polar surface area (TPSA) is 37.4 Å². The van der Waals surface area contributed by atoms with E-state index in [1.807, 2.05) is 6.92 Å². The zero-order valence-electron chi connectivity index (χ0n) is 14.9. The molecule has 0 fully saturated rings. The van der Waals surface area contributed by atoms with Gasteiger partial charge < -0.3 is 15.0 Å². The maximum atomic E-state index is 6.06. The number of rotatable bonds is 7. The fourth-order valence-corrected chi connectivity index (χ4v) is 1.84. The van der Waals surface area contributed by atoms with Gasteiger partial charge in [-0.25, -0.2) is 4.98 Å². The van der Waals surface area contributed by atoms with Crippen LogP contribution in [0, 0.1) is 13.8 Å². The Kier molecular flexibility index (Phi) is 6.17. The Morgan fingerprint density at radius 3 is 2.43 bits per heavy atom. The number of aromatic nitrogens is 1. The second-order valence-electron chi connectivity index (χ2n) is 6.90. The number of ether oxygens (including phenoxy) is 1. The molecule has 0 atom stereocenters. The number of aryl methyl sites for hydroxylation is 2. The van der Waals surface area contributed by atoms with E-state index in [0.717, 1.165) is 23.7 Å². The Morgan fingerprint density at radius 2 is 1.90 bits per heavy atom. The van der Waals surface area contributed by atoms with Crippen molar-refractivity contribution < 1.29 is 4.74 Å². The van der Waals surface area contributed by atoms with Crippen molar-refractivity contribution in [3.8, 4) is 5.88 Å². The molecule has 1 aromatic rings. The normalized spacial score (nSPS) is 12.3. The molecule has 21 heavy (non-hydrogen) atoms. The van der Waals surface area contributed by atoms with E-state index >= 15 is 0 Å². The molecule has 0 aromatic carbocycles. The van der Waals surface area contributed by atoms with Gasteiger partial charge in [-0.05, 0) is 53.4 Å². The van der Waals surface area contributed by atoms with E-state index in [-0.39, 0.29) is 5.54 Å². The van der Waals surface area contributed by atoms with Crippen molar-refractivity contribution in [1.82, 2.24) is 15.2 Å². The summed E-state index contributed by atoms with van der Waals surface area (Å²) in [6.07, 6.45) is 0. The number of hydrogen-bond donors (Lipinski definition) is 1. The molecule has 0 aliphatic rings. The molecule has 4 heteroatoms. The monoisotopic (exact) mass is 293 g/mol. The summed E-state index contributed by atoms with van der Waals surface area (Å²) in [6, 6.07) is 2.55. The molecular formula is C17H31N3O. The fourth-order valence-electron chi connectivity index (χ4n) is 1.84. The number of pyridine rings is 1. The van der Waals surface area contributed by atoms with Crippen molar-refractivity contribution in [1.29, 1.82) is 0 Å². The lowest BCUT2D eigenvalue weighted by Crippen LogP contribution is -2.43. The minimum absolute atomic E-state index is 0.0257. The molecule has 0 unspecified atom stereocenters. The molecule has 1 heterocycles. The Bertz CT molecular complexity index is 467. The first-order valence-electron chi connectivity index (χ1n) is 7.64. The van der Waals surface area contributed by atoms with E-state index in [4.69, 9.17) is 4.74 Å². The summed E-state index contributed by atoms with van der Waals surface area (Å²) in [5, 5.41) is 3.45. The van der Waals surface area contributed by atoms with Crippen LogP contribution in [0.25, 0.3) is 0 Å². The van der Waals surface area contributed by atoms with Crippen LogP contribution in [0.1, 0.15) is 44.5 Å². The van der Waals surface area contributed by atoms with Crippen LogP contribution in [0.15, 0.2) is 6.07 Å². The van der Waals surface area contributed by atoms with Gasteiger partial charge in [-0.2, -0.15) is 0 Å². The average Bonchev–Trinajstić information content (AvgIpc) is 2.34. The third kappa shape index (κ3) is 5.29. The maximum absolute atomic E-state index is 6.06. The van der Waals surface area contributed by atoms with E-state index in [2.05, 4.69) is 70.0 Å². The molecule has 0 amide bonds. The van der Waals surface area contributed by atoms with Gasteiger partial charge in [0.2, 0.25) is 5.88 Å². The minimum atomic E-state index is -0.0257. The quantitative estimate of drug-likeness (QED) is 0.839. The highest BCUT2D eigenvalue weighted by molar-refractivity contribution is 5.36. The third-order valence-corrected chi connectivity index (χ3v) is 3.90. The van der Waals surface area contributed by atoms with Crippen molar-refractivity contribution in [2.45, 2.75) is 59.7 Å². The second-order valence-corrected chi connectivity index (χ2v) is 6.90. The van der Waals surface area contributed by atoms with Crippen molar-refractivity contribution in [2.24, 2.45) is 0 Å². The van der Waals surface area contributed by atoms with Crippen LogP contribution < -0.4 is 10.1 Å². The Hall–Kier alpha value is -1.13. The summed E-state index contributed by atoms with van der Waals surface area (Å²) < 4.78 is 6.06. The van der Waals surface area contributed by atoms with Gasteiger partial charge in [0, 0.05) is 29.4 Å². The molecule has 0 saturated heterocycles. The predicted octanol–water partition coefficient (Wildman–Crippen LogP) is 2.92. The highest BCUT2D eigenvalue weighted by atomic mass is 16.5. The molecule has 0 aliphatic carbocycles. The van der Waals surface area contributed by atoms with E-state index in [1.165, 1.54) is 5.56 Å². The summed E-state index contributed by atoms with van der Waals surface area (Å²) in [5.74, 6) is 0.760. The predicted molar refractivity (Wildman–Crippen MR) is 88.9 cm³/mol. The van der Waals surface area contributed by atoms with Crippen LogP contribution >= 0.6 is 0 Å². The van der Waals surface area contributed by atoms with Gasteiger partial charge in [-0.1, -0.05) is 13.8 Å². The minimum Gasteiger partial charge on any atom is -0.475 e. The first-order chi connectivity index (χ1) is 9.63. The van der Waals surface area contributed by atoms with Crippen LogP contribution in [0.5, 0.6) is 5.88 Å². The van der Waals surface area contributed by atoms with Gasteiger partial charge in [-0.3, -0.25) is 0 Å². The van der Waals surface area contributed by atoms with Gasteiger partial charge in [0.25, 0.3) is 0 Å². The van der Waals surface area contributed by atoms with E-state index < -0.39 is 0 Å². The molecule has 1 rings (SSSR count). The number of hydrogen-bond acceptors (Lipinski definition) is 4. The molecule has 0 spiro atoms. The Labute approximate surface area is 129 Å². The summed E-state index contributed by atoms with van der Waals surface area (Å²) in [5.41, 5.74) is 3.36. The van der Waals surface area contributed by atoms with Crippen molar-refractivity contribution in [3.63, 3.8) is 0 Å². The van der Waals surface area contributed by atoms with E-state index in [1.54, 1.807) is 0 Å². The van der Waals surface area contributed by atoms with Crippen LogP contribution in [0.2, 0.25) is 0 Å². The molecule has 0 radical (unpaired) electrons. The van der Waals surface area contributed by atoms with Crippen LogP contribution in [0.4, 0.5) is 0 Å². The Morgan fingerprint density at radius 1 is 1.29 bits per heavy atom. The summed E-state index contributed by atoms with van der Waals surface area (Å²) >= 11 is 0. The lowest BCUT2D eigenvalue weighted by atomic mass is 10.1. The maximum Gasteiger partial charge on any atom is 0.218 e. The fraction of sp³-hybridized carbons (Fsp3) is 0.706. The van der Waals surface area contributed by atoms with Gasteiger partial charge >= 0.3 is 0 Å². The first-order valence-corrected chi connectivity index (χ1v) is 7.64. The van der Waals surface area contributed by atoms with Crippen molar-refractivity contribution in [3.05, 3.63) is 22.9 Å². The largest absolute Gasteiger partial charge is 0.475 e. The molecule has 0 aliphatic heterocycles. The molecule has 1 aromatic heterocycles. The zero-order valence-corrected chi connectivity index (χ0v) is 14.9. The van der Waals surface area contributed by atoms with E-state index in [9.17, 15) is 0 Å². The number of nitrogens with one attached hydrogen (secondary N) is 1. The lowest BCUT2D eigenvalue weighted by Gasteiger charge is -2.32. The summed E-state index contributed by atoms with van der Waals surface area (Å²) in [6.45, 7) is 14.2. The average molecular weight is 293 g/mol. The highest BCUT2D eigenvalue weighted by Gasteiger charge is 2.22. The molecule has 4 nitrogen and oxygen atoms in total. The summed E-state index contributed by atoms with van der Waals surface area (Å²) in [7, 11) is 4.14. The SMILES string of the molecule is Cc1cc(C)c(CNC(C)C)c(OCC(C)(C)N(C)C)n1. The summed E-state index contributed by atoms with van der Waals surface area (Å²) in [4.78, 5) is 6.76. The molecule has 120 valence electrons. The zero-order chi connectivity index (χ0) is 16.2. The molecule has 1 N–H and O–H groups in total. The standard InChI is InChI=1S/C17H31N3O/c1-12(2)18-10-15-13(3)9-14(4)19-16(15)21-11-17(5,6)20(7)8/h9,12,18H,10-11H2,1-8H3. The van der Waals surface area contributed by atoms with Gasteiger partial charge in [-0.15, -0.1) is 0 Å². The van der Waals surface area contributed by atoms with Crippen LogP contribution in [0.3, 0.4) is 0 Å². The molecule has 0 saturated carbocycles. The number of likely N-dealkylation sites (N-methyl/N-ethyl adjacent to an activating group) is 1. The smallest absolute Gasteiger partial charge is 0.218 e. The Balaban J connectivity index is 2.94. The highest BCUT2D eigenvalue weighted by Crippen LogP contribution is 2.23. The number of nitrogens with zero attached hydrogens (tertiary/aromatic N) is 2. The van der Waals surface area contributed by atoms with Gasteiger partial charge in [0.1, 0.15) is 6.61 Å². The van der Waals surface area contributed by atoms with Crippen molar-refractivity contribution >= 4 is 0 Å². The van der Waals surface area contributed by atoms with Gasteiger partial charge in [0.15, 0.2) is 0 Å². The first kappa shape index (κ1) is 17.9. The van der Waals surface area contributed by atoms with Crippen LogP contribution in [-0.2, 0) is 6.54 Å². The third-order valence-electron chi connectivity index (χ3n) is 3.90.